The number of halogens is 3. The van der Waals surface area contributed by atoms with E-state index in [1.807, 2.05) is 114 Å². The number of hydrogen-bond donors (Lipinski definition) is 0. The summed E-state index contributed by atoms with van der Waals surface area (Å²) in [5, 5.41) is 13.8. The topological polar surface area (TPSA) is 33.6 Å². The Bertz CT molecular complexity index is 2420. The van der Waals surface area contributed by atoms with E-state index in [-0.39, 0.29) is 0 Å². The summed E-state index contributed by atoms with van der Waals surface area (Å²) in [6, 6.07) is 39.4. The Morgan fingerprint density at radius 1 is 0.565 bits per heavy atom. The highest BCUT2D eigenvalue weighted by Crippen LogP contribution is 2.45. The first kappa shape index (κ1) is 27.7. The highest BCUT2D eigenvalue weighted by atomic mass is 19.4. The second-order valence-electron chi connectivity index (χ2n) is 11.7. The van der Waals surface area contributed by atoms with Crippen LogP contribution in [0.1, 0.15) is 22.3 Å². The molecule has 0 spiro atoms. The van der Waals surface area contributed by atoms with Crippen LogP contribution in [0.15, 0.2) is 121 Å². The first-order valence-electron chi connectivity index (χ1n) is 15.0. The molecule has 6 heteroatoms. The molecule has 8 aromatic rings. The number of nitriles is 1. The molecule has 0 saturated carbocycles. The van der Waals surface area contributed by atoms with Crippen LogP contribution in [0.5, 0.6) is 0 Å². The van der Waals surface area contributed by atoms with Gasteiger partial charge in [0.1, 0.15) is 0 Å². The van der Waals surface area contributed by atoms with Crippen LogP contribution in [-0.2, 0) is 6.18 Å². The lowest BCUT2D eigenvalue weighted by Gasteiger charge is -2.23. The van der Waals surface area contributed by atoms with E-state index in [0.717, 1.165) is 54.7 Å². The molecule has 2 heterocycles. The minimum absolute atomic E-state index is 0.385. The highest BCUT2D eigenvalue weighted by molar-refractivity contribution is 6.13. The predicted octanol–water partition coefficient (Wildman–Crippen LogP) is 11.1. The maximum atomic E-state index is 15.0. The fraction of sp³-hybridized carbons (Fsp3) is 0.0750. The number of para-hydroxylation sites is 2. The monoisotopic (exact) mass is 605 g/mol. The summed E-state index contributed by atoms with van der Waals surface area (Å²) < 4.78 is 48.9. The Balaban J connectivity index is 1.65. The molecule has 0 unspecified atom stereocenters. The molecule has 3 nitrogen and oxygen atoms in total. The van der Waals surface area contributed by atoms with Crippen LogP contribution in [0.2, 0.25) is 0 Å². The number of aryl methyl sites for hydroxylation is 2. The van der Waals surface area contributed by atoms with Crippen molar-refractivity contribution in [2.75, 3.05) is 0 Å². The summed E-state index contributed by atoms with van der Waals surface area (Å²) in [4.78, 5) is 0. The molecule has 0 saturated heterocycles. The molecule has 8 rings (SSSR count). The van der Waals surface area contributed by atoms with Crippen molar-refractivity contribution in [3.8, 4) is 28.6 Å². The molecule has 6 aromatic carbocycles. The normalized spacial score (nSPS) is 12.0. The Morgan fingerprint density at radius 2 is 1.04 bits per heavy atom. The van der Waals surface area contributed by atoms with Crippen molar-refractivity contribution in [2.45, 2.75) is 20.0 Å². The smallest absolute Gasteiger partial charge is 0.309 e. The summed E-state index contributed by atoms with van der Waals surface area (Å²) in [6.07, 6.45) is -4.63. The average molecular weight is 606 g/mol. The molecular weight excluding hydrogens is 579 g/mol. The van der Waals surface area contributed by atoms with E-state index in [1.165, 1.54) is 12.1 Å². The van der Waals surface area contributed by atoms with Crippen LogP contribution in [0.25, 0.3) is 66.1 Å². The molecule has 0 aliphatic heterocycles. The SMILES string of the molecule is Cc1cccc2c1c1ccccc1n2-c1cc(C(F)(F)F)cc(-n2c3ccccc3c3c(C)cccc32)c1-c1cccc(C#N)c1. The molecule has 46 heavy (non-hydrogen) atoms. The van der Waals surface area contributed by atoms with Crippen molar-refractivity contribution < 1.29 is 13.2 Å². The van der Waals surface area contributed by atoms with E-state index in [1.54, 1.807) is 18.2 Å². The number of fused-ring (bicyclic) bond motifs is 6. The molecule has 222 valence electrons. The fourth-order valence-electron chi connectivity index (χ4n) is 7.08. The van der Waals surface area contributed by atoms with Gasteiger partial charge in [0.15, 0.2) is 0 Å². The maximum Gasteiger partial charge on any atom is 0.416 e. The molecular formula is C40H26F3N3. The summed E-state index contributed by atoms with van der Waals surface area (Å²) in [5.74, 6) is 0. The van der Waals surface area contributed by atoms with Crippen molar-refractivity contribution in [3.05, 3.63) is 144 Å². The van der Waals surface area contributed by atoms with Gasteiger partial charge in [0, 0.05) is 27.1 Å². The summed E-state index contributed by atoms with van der Waals surface area (Å²) >= 11 is 0. The third-order valence-electron chi connectivity index (χ3n) is 9.00. The minimum Gasteiger partial charge on any atom is -0.309 e. The lowest BCUT2D eigenvalue weighted by Crippen LogP contribution is -2.11. The minimum atomic E-state index is -4.63. The number of benzene rings is 6. The third kappa shape index (κ3) is 4.05. The lowest BCUT2D eigenvalue weighted by atomic mass is 9.96. The first-order valence-corrected chi connectivity index (χ1v) is 15.0. The fourth-order valence-corrected chi connectivity index (χ4v) is 7.08. The Morgan fingerprint density at radius 3 is 1.54 bits per heavy atom. The van der Waals surface area contributed by atoms with Gasteiger partial charge in [0.25, 0.3) is 0 Å². The van der Waals surface area contributed by atoms with Crippen molar-refractivity contribution in [3.63, 3.8) is 0 Å². The van der Waals surface area contributed by atoms with Gasteiger partial charge in [-0.1, -0.05) is 72.8 Å². The number of hydrogen-bond acceptors (Lipinski definition) is 1. The molecule has 0 N–H and O–H groups in total. The molecule has 0 atom stereocenters. The van der Waals surface area contributed by atoms with Gasteiger partial charge in [-0.25, -0.2) is 0 Å². The summed E-state index contributed by atoms with van der Waals surface area (Å²) in [7, 11) is 0. The largest absolute Gasteiger partial charge is 0.416 e. The van der Waals surface area contributed by atoms with Gasteiger partial charge in [0.05, 0.1) is 50.6 Å². The second kappa shape index (κ2) is 10.1. The van der Waals surface area contributed by atoms with Gasteiger partial charge in [-0.2, -0.15) is 18.4 Å². The van der Waals surface area contributed by atoms with Crippen LogP contribution in [0, 0.1) is 25.2 Å². The Hall–Kier alpha value is -5.80. The quantitative estimate of drug-likeness (QED) is 0.197. The second-order valence-corrected chi connectivity index (χ2v) is 11.7. The Kier molecular flexibility index (Phi) is 6.10. The van der Waals surface area contributed by atoms with E-state index in [0.29, 0.717) is 28.1 Å². The summed E-state index contributed by atoms with van der Waals surface area (Å²) in [5.41, 5.74) is 6.96. The van der Waals surface area contributed by atoms with Crippen molar-refractivity contribution in [1.29, 1.82) is 5.26 Å². The number of rotatable bonds is 3. The van der Waals surface area contributed by atoms with Gasteiger partial charge >= 0.3 is 6.18 Å². The molecule has 0 radical (unpaired) electrons. The van der Waals surface area contributed by atoms with Gasteiger partial charge in [-0.15, -0.1) is 0 Å². The standard InChI is InChI=1S/C40H26F3N3/c1-24-10-7-18-33-37(24)29-14-3-5-16-31(29)45(33)35-21-28(40(41,42)43)22-36(39(35)27-13-9-12-26(20-27)23-44)46-32-17-6-4-15-30(32)38-25(2)11-8-19-34(38)46/h3-22H,1-2H3. The van der Waals surface area contributed by atoms with Crippen molar-refractivity contribution in [1.82, 2.24) is 9.13 Å². The zero-order valence-electron chi connectivity index (χ0n) is 25.0. The predicted molar refractivity (Wildman–Crippen MR) is 180 cm³/mol. The van der Waals surface area contributed by atoms with Crippen LogP contribution in [-0.4, -0.2) is 9.13 Å². The van der Waals surface area contributed by atoms with Crippen LogP contribution < -0.4 is 0 Å². The highest BCUT2D eigenvalue weighted by Gasteiger charge is 2.34. The van der Waals surface area contributed by atoms with Gasteiger partial charge in [-0.3, -0.25) is 0 Å². The van der Waals surface area contributed by atoms with E-state index in [9.17, 15) is 5.26 Å². The van der Waals surface area contributed by atoms with E-state index >= 15 is 13.2 Å². The first-order chi connectivity index (χ1) is 22.3. The molecule has 0 amide bonds. The van der Waals surface area contributed by atoms with Gasteiger partial charge in [-0.05, 0) is 79.1 Å². The van der Waals surface area contributed by atoms with Crippen molar-refractivity contribution in [2.24, 2.45) is 0 Å². The third-order valence-corrected chi connectivity index (χ3v) is 9.00. The zero-order chi connectivity index (χ0) is 31.7. The van der Waals surface area contributed by atoms with Crippen LogP contribution in [0.3, 0.4) is 0 Å². The molecule has 2 aromatic heterocycles. The van der Waals surface area contributed by atoms with Gasteiger partial charge in [0.2, 0.25) is 0 Å². The van der Waals surface area contributed by atoms with Crippen LogP contribution >= 0.6 is 0 Å². The zero-order valence-corrected chi connectivity index (χ0v) is 25.0. The number of aromatic nitrogens is 2. The number of nitrogens with zero attached hydrogens (tertiary/aromatic N) is 3. The van der Waals surface area contributed by atoms with E-state index in [2.05, 4.69) is 6.07 Å². The molecule has 0 aliphatic carbocycles. The van der Waals surface area contributed by atoms with Gasteiger partial charge < -0.3 is 9.13 Å². The van der Waals surface area contributed by atoms with Crippen LogP contribution in [0.4, 0.5) is 13.2 Å². The number of alkyl halides is 3. The van der Waals surface area contributed by atoms with E-state index in [4.69, 9.17) is 0 Å². The Labute approximate surface area is 263 Å². The maximum absolute atomic E-state index is 15.0. The molecule has 0 bridgehead atoms. The average Bonchev–Trinajstić information content (AvgIpc) is 3.58. The molecule has 0 fully saturated rings. The lowest BCUT2D eigenvalue weighted by molar-refractivity contribution is -0.137. The van der Waals surface area contributed by atoms with E-state index < -0.39 is 11.7 Å². The molecule has 0 aliphatic rings. The summed E-state index contributed by atoms with van der Waals surface area (Å²) in [6.45, 7) is 4.04. The van der Waals surface area contributed by atoms with Crippen molar-refractivity contribution >= 4 is 43.6 Å².